The van der Waals surface area contributed by atoms with E-state index in [2.05, 4.69) is 9.37 Å². The van der Waals surface area contributed by atoms with Gasteiger partial charge >= 0.3 is 59.1 Å². The maximum Gasteiger partial charge on any atom is 1.00 e. The van der Waals surface area contributed by atoms with Gasteiger partial charge in [-0.3, -0.25) is 5.04 Å². The molecule has 1 rings (SSSR count). The maximum absolute atomic E-state index is 10.6. The zero-order valence-electron chi connectivity index (χ0n) is 9.50. The van der Waals surface area contributed by atoms with E-state index < -0.39 is 10.1 Å². The van der Waals surface area contributed by atoms with Crippen molar-refractivity contribution in [1.82, 2.24) is 0 Å². The first-order valence-corrected chi connectivity index (χ1v) is 5.80. The van der Waals surface area contributed by atoms with Gasteiger partial charge in [-0.05, 0) is 30.7 Å². The molecule has 0 unspecified atom stereocenters. The Balaban J connectivity index is 0. The summed E-state index contributed by atoms with van der Waals surface area (Å²) in [6.07, 6.45) is 0. The summed E-state index contributed by atoms with van der Waals surface area (Å²) >= 11 is 0.635. The van der Waals surface area contributed by atoms with Gasteiger partial charge in [0.1, 0.15) is 10.1 Å². The number of hydrogen-bond donors (Lipinski definition) is 0. The van der Waals surface area contributed by atoms with Crippen LogP contribution in [0.25, 0.3) is 0 Å². The minimum Gasteiger partial charge on any atom is -0.744 e. The molecule has 0 spiro atoms. The fraction of sp³-hybridized carbons (Fsp3) is 0.143. The van der Waals surface area contributed by atoms with Crippen LogP contribution in [0.4, 0.5) is 0 Å². The summed E-state index contributed by atoms with van der Waals surface area (Å²) in [4.78, 5) is 0.158. The number of benzene rings is 1. The number of hydrogen-bond acceptors (Lipinski definition) is 7. The Morgan fingerprint density at radius 3 is 2.29 bits per heavy atom. The second kappa shape index (κ2) is 9.29. The van der Waals surface area contributed by atoms with Crippen LogP contribution in [0.2, 0.25) is 0 Å². The van der Waals surface area contributed by atoms with Gasteiger partial charge < -0.3 is 9.81 Å². The van der Waals surface area contributed by atoms with Crippen LogP contribution in [0.3, 0.4) is 0 Å². The van der Waals surface area contributed by atoms with Crippen LogP contribution in [-0.2, 0) is 19.5 Å². The molecule has 0 saturated carbocycles. The van der Waals surface area contributed by atoms with Crippen molar-refractivity contribution in [2.75, 3.05) is 0 Å². The van der Waals surface area contributed by atoms with E-state index in [1.807, 2.05) is 0 Å². The van der Waals surface area contributed by atoms with Crippen molar-refractivity contribution < 1.29 is 86.7 Å². The first kappa shape index (κ1) is 20.7. The Bertz CT molecular complexity index is 450. The van der Waals surface area contributed by atoms with Crippen molar-refractivity contribution in [3.8, 4) is 0 Å². The smallest absolute Gasteiger partial charge is 0.744 e. The van der Waals surface area contributed by atoms with Crippen molar-refractivity contribution in [3.63, 3.8) is 0 Å². The van der Waals surface area contributed by atoms with Crippen LogP contribution in [0, 0.1) is 6.92 Å². The van der Waals surface area contributed by atoms with Crippen LogP contribution >= 0.6 is 12.0 Å². The normalized spacial score (nSPS) is 10.3. The summed E-state index contributed by atoms with van der Waals surface area (Å²) in [5.41, 5.74) is 0.494. The van der Waals surface area contributed by atoms with Crippen molar-refractivity contribution >= 4 is 22.2 Å². The topological polar surface area (TPSA) is 98.7 Å². The Labute approximate surface area is 147 Å². The van der Waals surface area contributed by atoms with Crippen LogP contribution in [0.1, 0.15) is 5.56 Å². The molecule has 6 nitrogen and oxygen atoms in total. The summed E-state index contributed by atoms with van der Waals surface area (Å²) in [5, 5.41) is 12.7. The second-order valence-electron chi connectivity index (χ2n) is 2.60. The summed E-state index contributed by atoms with van der Waals surface area (Å²) in [6, 6.07) is 3.68. The third-order valence-electron chi connectivity index (χ3n) is 1.59. The van der Waals surface area contributed by atoms with Crippen LogP contribution in [0.5, 0.6) is 0 Å². The molecule has 1 aromatic rings. The van der Waals surface area contributed by atoms with E-state index in [4.69, 9.17) is 0 Å². The fourth-order valence-corrected chi connectivity index (χ4v) is 1.89. The van der Waals surface area contributed by atoms with Gasteiger partial charge in [0.2, 0.25) is 0 Å². The predicted octanol–water partition coefficient (Wildman–Crippen LogP) is -5.86. The zero-order chi connectivity index (χ0) is 11.5. The molecule has 0 bridgehead atoms. The Kier molecular flexibility index (Phi) is 11.3. The van der Waals surface area contributed by atoms with E-state index in [0.717, 1.165) is 6.07 Å². The van der Waals surface area contributed by atoms with Gasteiger partial charge in [-0.15, -0.1) is 0 Å². The first-order valence-electron chi connectivity index (χ1n) is 3.65. The summed E-state index contributed by atoms with van der Waals surface area (Å²) in [6.45, 7) is 1.57. The third-order valence-corrected chi connectivity index (χ3v) is 3.18. The molecule has 17 heavy (non-hydrogen) atoms. The molecule has 10 heteroatoms. The molecular formula is C7H6Na2O6S2. The quantitative estimate of drug-likeness (QED) is 0.179. The molecule has 0 amide bonds. The molecule has 0 aromatic heterocycles. The molecule has 0 saturated heterocycles. The van der Waals surface area contributed by atoms with Gasteiger partial charge in [0.25, 0.3) is 0 Å². The van der Waals surface area contributed by atoms with E-state index in [-0.39, 0.29) is 64.0 Å². The molecule has 0 heterocycles. The fourth-order valence-electron chi connectivity index (χ4n) is 0.921. The predicted molar refractivity (Wildman–Crippen MR) is 47.2 cm³/mol. The first-order chi connectivity index (χ1) is 6.95. The van der Waals surface area contributed by atoms with Crippen molar-refractivity contribution in [2.24, 2.45) is 0 Å². The van der Waals surface area contributed by atoms with Gasteiger partial charge in [-0.1, -0.05) is 0 Å². The minimum absolute atomic E-state index is 0. The zero-order valence-corrected chi connectivity index (χ0v) is 15.1. The van der Waals surface area contributed by atoms with Gasteiger partial charge in [0, 0.05) is 4.90 Å². The number of rotatable bonds is 4. The molecule has 1 aromatic carbocycles. The number of aryl methyl sites for hydroxylation is 1. The Morgan fingerprint density at radius 2 is 1.88 bits per heavy atom. The summed E-state index contributed by atoms with van der Waals surface area (Å²) in [5.74, 6) is 0. The van der Waals surface area contributed by atoms with E-state index in [1.54, 1.807) is 6.92 Å². The van der Waals surface area contributed by atoms with E-state index in [9.17, 15) is 18.2 Å². The Morgan fingerprint density at radius 1 is 1.29 bits per heavy atom. The Hall–Kier alpha value is 1.36. The van der Waals surface area contributed by atoms with Crippen LogP contribution in [-0.4, -0.2) is 13.0 Å². The molecule has 84 valence electrons. The second-order valence-corrected chi connectivity index (χ2v) is 4.72. The van der Waals surface area contributed by atoms with Gasteiger partial charge in [-0.25, -0.2) is 8.42 Å². The van der Waals surface area contributed by atoms with Crippen molar-refractivity contribution in [1.29, 1.82) is 0 Å². The minimum atomic E-state index is -4.46. The van der Waals surface area contributed by atoms with Crippen molar-refractivity contribution in [3.05, 3.63) is 23.8 Å². The standard InChI is InChI=1S/C7H8O6S2.2Na/c1-5-4-6(15(9,10)11)2-3-7(5)14-13-12-8;;/h2-4,8H,1H3,(H,9,10,11);;/q;2*+1/p-2. The van der Waals surface area contributed by atoms with Crippen LogP contribution < -0.4 is 64.4 Å². The van der Waals surface area contributed by atoms with Gasteiger partial charge in [0.15, 0.2) is 0 Å². The molecule has 0 aliphatic carbocycles. The summed E-state index contributed by atoms with van der Waals surface area (Å²) in [7, 11) is -4.46. The molecule has 0 radical (unpaired) electrons. The average Bonchev–Trinajstić information content (AvgIpc) is 2.14. The molecule has 0 fully saturated rings. The maximum atomic E-state index is 10.6. The molecule has 0 aliphatic heterocycles. The van der Waals surface area contributed by atoms with Crippen molar-refractivity contribution in [2.45, 2.75) is 16.7 Å². The SMILES string of the molecule is Cc1cc(S(=O)(=O)[O-])ccc1SOO[O-].[Na+].[Na+]. The molecular weight excluding hydrogens is 290 g/mol. The monoisotopic (exact) mass is 296 g/mol. The summed E-state index contributed by atoms with van der Waals surface area (Å²) < 4.78 is 36.0. The van der Waals surface area contributed by atoms with E-state index >= 15 is 0 Å². The van der Waals surface area contributed by atoms with Gasteiger partial charge in [0.05, 0.1) is 16.9 Å². The van der Waals surface area contributed by atoms with E-state index in [0.29, 0.717) is 22.5 Å². The molecule has 0 aliphatic rings. The average molecular weight is 296 g/mol. The van der Waals surface area contributed by atoms with Gasteiger partial charge in [-0.2, -0.15) is 4.33 Å². The third kappa shape index (κ3) is 6.90. The molecule has 0 atom stereocenters. The largest absolute Gasteiger partial charge is 1.00 e. The van der Waals surface area contributed by atoms with E-state index in [1.165, 1.54) is 12.1 Å². The van der Waals surface area contributed by atoms with Crippen LogP contribution in [0.15, 0.2) is 28.0 Å². The molecule has 0 N–H and O–H groups in total.